The van der Waals surface area contributed by atoms with E-state index in [1.54, 1.807) is 18.2 Å². The number of hydrogen-bond acceptors (Lipinski definition) is 1. The molecule has 0 aliphatic heterocycles. The predicted octanol–water partition coefficient (Wildman–Crippen LogP) is 3.94. The average Bonchev–Trinajstić information content (AvgIpc) is 2.29. The van der Waals surface area contributed by atoms with E-state index in [2.05, 4.69) is 15.9 Å². The highest BCUT2D eigenvalue weighted by molar-refractivity contribution is 9.10. The Hall–Kier alpha value is -1.19. The Morgan fingerprint density at radius 3 is 2.47 bits per heavy atom. The van der Waals surface area contributed by atoms with E-state index >= 15 is 0 Å². The molecule has 0 heterocycles. The standard InChI is InChI=1S/C14H13BrFN/c1-9-6-7-10(12(15)8-9)14(17)11-4-2-3-5-13(11)16/h2-8,14H,17H2,1H3. The summed E-state index contributed by atoms with van der Waals surface area (Å²) in [4.78, 5) is 0. The van der Waals surface area contributed by atoms with Gasteiger partial charge in [-0.3, -0.25) is 0 Å². The minimum Gasteiger partial charge on any atom is -0.320 e. The normalized spacial score (nSPS) is 12.5. The van der Waals surface area contributed by atoms with E-state index in [1.165, 1.54) is 6.07 Å². The summed E-state index contributed by atoms with van der Waals surface area (Å²) in [6.45, 7) is 2.00. The van der Waals surface area contributed by atoms with Gasteiger partial charge in [0.2, 0.25) is 0 Å². The van der Waals surface area contributed by atoms with Crippen molar-refractivity contribution in [2.24, 2.45) is 5.73 Å². The van der Waals surface area contributed by atoms with Gasteiger partial charge in [0, 0.05) is 10.0 Å². The summed E-state index contributed by atoms with van der Waals surface area (Å²) >= 11 is 3.47. The van der Waals surface area contributed by atoms with Gasteiger partial charge in [0.25, 0.3) is 0 Å². The smallest absolute Gasteiger partial charge is 0.128 e. The molecule has 0 amide bonds. The fourth-order valence-corrected chi connectivity index (χ4v) is 2.52. The molecule has 2 aromatic rings. The third-order valence-electron chi connectivity index (χ3n) is 2.73. The summed E-state index contributed by atoms with van der Waals surface area (Å²) in [6, 6.07) is 12.0. The highest BCUT2D eigenvalue weighted by atomic mass is 79.9. The largest absolute Gasteiger partial charge is 0.320 e. The van der Waals surface area contributed by atoms with Gasteiger partial charge in [0.05, 0.1) is 6.04 Å². The van der Waals surface area contributed by atoms with Crippen LogP contribution in [0.4, 0.5) is 4.39 Å². The van der Waals surface area contributed by atoms with E-state index in [4.69, 9.17) is 5.73 Å². The van der Waals surface area contributed by atoms with Crippen molar-refractivity contribution in [2.45, 2.75) is 13.0 Å². The SMILES string of the molecule is Cc1ccc(C(N)c2ccccc2F)c(Br)c1. The molecule has 0 aliphatic rings. The fraction of sp³-hybridized carbons (Fsp3) is 0.143. The lowest BCUT2D eigenvalue weighted by Gasteiger charge is -2.15. The molecule has 0 aromatic heterocycles. The highest BCUT2D eigenvalue weighted by Crippen LogP contribution is 2.28. The van der Waals surface area contributed by atoms with Crippen LogP contribution in [0.1, 0.15) is 22.7 Å². The Labute approximate surface area is 109 Å². The zero-order chi connectivity index (χ0) is 12.4. The van der Waals surface area contributed by atoms with Crippen LogP contribution in [0.5, 0.6) is 0 Å². The first-order valence-corrected chi connectivity index (χ1v) is 6.15. The molecular weight excluding hydrogens is 281 g/mol. The van der Waals surface area contributed by atoms with Crippen LogP contribution in [-0.2, 0) is 0 Å². The van der Waals surface area contributed by atoms with Crippen molar-refractivity contribution in [3.8, 4) is 0 Å². The third-order valence-corrected chi connectivity index (χ3v) is 3.42. The van der Waals surface area contributed by atoms with Crippen LogP contribution >= 0.6 is 15.9 Å². The number of aryl methyl sites for hydroxylation is 1. The quantitative estimate of drug-likeness (QED) is 0.892. The van der Waals surface area contributed by atoms with Crippen LogP contribution < -0.4 is 5.73 Å². The summed E-state index contributed by atoms with van der Waals surface area (Å²) in [7, 11) is 0. The van der Waals surface area contributed by atoms with Crippen LogP contribution in [0.2, 0.25) is 0 Å². The van der Waals surface area contributed by atoms with Crippen molar-refractivity contribution >= 4 is 15.9 Å². The van der Waals surface area contributed by atoms with Gasteiger partial charge in [0.1, 0.15) is 5.82 Å². The zero-order valence-corrected chi connectivity index (χ0v) is 11.0. The van der Waals surface area contributed by atoms with Gasteiger partial charge in [-0.1, -0.05) is 46.3 Å². The Bertz CT molecular complexity index is 539. The number of benzene rings is 2. The van der Waals surface area contributed by atoms with Crippen LogP contribution in [-0.4, -0.2) is 0 Å². The maximum Gasteiger partial charge on any atom is 0.128 e. The molecule has 1 atom stereocenters. The first kappa shape index (κ1) is 12.3. The number of rotatable bonds is 2. The van der Waals surface area contributed by atoms with E-state index in [0.717, 1.165) is 15.6 Å². The van der Waals surface area contributed by atoms with Crippen LogP contribution in [0.15, 0.2) is 46.9 Å². The fourth-order valence-electron chi connectivity index (χ4n) is 1.78. The van der Waals surface area contributed by atoms with E-state index < -0.39 is 6.04 Å². The van der Waals surface area contributed by atoms with E-state index in [0.29, 0.717) is 5.56 Å². The molecule has 0 bridgehead atoms. The van der Waals surface area contributed by atoms with Crippen LogP contribution in [0.25, 0.3) is 0 Å². The molecule has 1 unspecified atom stereocenters. The number of halogens is 2. The van der Waals surface area contributed by atoms with Gasteiger partial charge >= 0.3 is 0 Å². The Kier molecular flexibility index (Phi) is 3.60. The lowest BCUT2D eigenvalue weighted by Crippen LogP contribution is -2.14. The minimum absolute atomic E-state index is 0.271. The number of nitrogens with two attached hydrogens (primary N) is 1. The van der Waals surface area contributed by atoms with Crippen molar-refractivity contribution in [2.75, 3.05) is 0 Å². The topological polar surface area (TPSA) is 26.0 Å². The van der Waals surface area contributed by atoms with E-state index in [-0.39, 0.29) is 5.82 Å². The molecule has 0 radical (unpaired) electrons. The molecule has 2 rings (SSSR count). The lowest BCUT2D eigenvalue weighted by molar-refractivity contribution is 0.599. The maximum atomic E-state index is 13.6. The molecule has 88 valence electrons. The third kappa shape index (κ3) is 2.56. The second-order valence-electron chi connectivity index (χ2n) is 4.02. The van der Waals surface area contributed by atoms with Crippen molar-refractivity contribution in [3.63, 3.8) is 0 Å². The monoisotopic (exact) mass is 293 g/mol. The lowest BCUT2D eigenvalue weighted by atomic mass is 9.98. The molecule has 2 aromatic carbocycles. The van der Waals surface area contributed by atoms with Gasteiger partial charge in [-0.15, -0.1) is 0 Å². The van der Waals surface area contributed by atoms with Gasteiger partial charge < -0.3 is 5.73 Å². The molecule has 0 saturated heterocycles. The van der Waals surface area contributed by atoms with Crippen molar-refractivity contribution < 1.29 is 4.39 Å². The predicted molar refractivity (Wildman–Crippen MR) is 71.3 cm³/mol. The summed E-state index contributed by atoms with van der Waals surface area (Å²) in [5.74, 6) is -0.271. The summed E-state index contributed by atoms with van der Waals surface area (Å²) in [5, 5.41) is 0. The van der Waals surface area contributed by atoms with Crippen molar-refractivity contribution in [1.29, 1.82) is 0 Å². The van der Waals surface area contributed by atoms with E-state index in [1.807, 2.05) is 25.1 Å². The zero-order valence-electron chi connectivity index (χ0n) is 9.45. The molecule has 0 spiro atoms. The van der Waals surface area contributed by atoms with Gasteiger partial charge in [-0.25, -0.2) is 4.39 Å². The average molecular weight is 294 g/mol. The summed E-state index contributed by atoms with van der Waals surface area (Å²) in [6.07, 6.45) is 0. The molecule has 2 N–H and O–H groups in total. The van der Waals surface area contributed by atoms with E-state index in [9.17, 15) is 4.39 Å². The molecule has 3 heteroatoms. The van der Waals surface area contributed by atoms with Crippen molar-refractivity contribution in [1.82, 2.24) is 0 Å². The summed E-state index contributed by atoms with van der Waals surface area (Å²) < 4.78 is 14.6. The van der Waals surface area contributed by atoms with Gasteiger partial charge in [0.15, 0.2) is 0 Å². The minimum atomic E-state index is -0.453. The number of hydrogen-bond donors (Lipinski definition) is 1. The highest BCUT2D eigenvalue weighted by Gasteiger charge is 2.15. The van der Waals surface area contributed by atoms with Gasteiger partial charge in [-0.2, -0.15) is 0 Å². The first-order chi connectivity index (χ1) is 8.09. The van der Waals surface area contributed by atoms with Crippen LogP contribution in [0.3, 0.4) is 0 Å². The second-order valence-corrected chi connectivity index (χ2v) is 4.88. The first-order valence-electron chi connectivity index (χ1n) is 5.35. The van der Waals surface area contributed by atoms with Crippen molar-refractivity contribution in [3.05, 3.63) is 69.4 Å². The summed E-state index contributed by atoms with van der Waals surface area (Å²) in [5.41, 5.74) is 8.64. The Morgan fingerprint density at radius 1 is 1.12 bits per heavy atom. The van der Waals surface area contributed by atoms with Crippen LogP contribution in [0, 0.1) is 12.7 Å². The Balaban J connectivity index is 2.44. The molecule has 17 heavy (non-hydrogen) atoms. The molecular formula is C14H13BrFN. The molecule has 0 aliphatic carbocycles. The molecule has 0 fully saturated rings. The maximum absolute atomic E-state index is 13.6. The Morgan fingerprint density at radius 2 is 1.82 bits per heavy atom. The second kappa shape index (κ2) is 4.98. The molecule has 0 saturated carbocycles. The van der Waals surface area contributed by atoms with Gasteiger partial charge in [-0.05, 0) is 30.2 Å². The molecule has 1 nitrogen and oxygen atoms in total.